The second kappa shape index (κ2) is 5.15. The molecule has 0 aliphatic carbocycles. The highest BCUT2D eigenvalue weighted by atomic mass is 16.2. The number of nitriles is 1. The summed E-state index contributed by atoms with van der Waals surface area (Å²) in [6.07, 6.45) is 0.354. The van der Waals surface area contributed by atoms with Crippen molar-refractivity contribution in [2.75, 3.05) is 13.6 Å². The average molecular weight is 255 g/mol. The molecule has 1 aromatic heterocycles. The van der Waals surface area contributed by atoms with Crippen molar-refractivity contribution < 1.29 is 4.79 Å². The van der Waals surface area contributed by atoms with E-state index in [1.165, 1.54) is 5.56 Å². The number of nitrogens with zero attached hydrogens (tertiary/aromatic N) is 2. The van der Waals surface area contributed by atoms with E-state index in [4.69, 9.17) is 5.26 Å². The number of nitrogens with one attached hydrogen (secondary N) is 1. The zero-order valence-corrected chi connectivity index (χ0v) is 11.4. The van der Waals surface area contributed by atoms with Crippen LogP contribution in [0.5, 0.6) is 0 Å². The Morgan fingerprint density at radius 1 is 1.42 bits per heavy atom. The fourth-order valence-electron chi connectivity index (χ4n) is 2.13. The maximum atomic E-state index is 12.2. The van der Waals surface area contributed by atoms with Gasteiger partial charge in [0, 0.05) is 35.8 Å². The van der Waals surface area contributed by atoms with Crippen molar-refractivity contribution in [3.05, 3.63) is 35.0 Å². The molecule has 0 atom stereocenters. The first-order valence-corrected chi connectivity index (χ1v) is 6.26. The highest BCUT2D eigenvalue weighted by molar-refractivity contribution is 5.98. The van der Waals surface area contributed by atoms with Gasteiger partial charge in [0.15, 0.2) is 0 Å². The average Bonchev–Trinajstić information content (AvgIpc) is 2.70. The molecular weight excluding hydrogens is 238 g/mol. The van der Waals surface area contributed by atoms with Crippen LogP contribution < -0.4 is 0 Å². The van der Waals surface area contributed by atoms with Crippen molar-refractivity contribution in [2.45, 2.75) is 20.3 Å². The highest BCUT2D eigenvalue weighted by Crippen LogP contribution is 2.22. The molecule has 2 aromatic rings. The molecule has 0 bridgehead atoms. The lowest BCUT2D eigenvalue weighted by Crippen LogP contribution is -2.27. The zero-order chi connectivity index (χ0) is 14.0. The Kier molecular flexibility index (Phi) is 3.57. The Balaban J connectivity index is 2.33. The van der Waals surface area contributed by atoms with Crippen LogP contribution in [0.3, 0.4) is 0 Å². The summed E-state index contributed by atoms with van der Waals surface area (Å²) in [6.45, 7) is 4.52. The normalized spacial score (nSPS) is 10.4. The van der Waals surface area contributed by atoms with E-state index < -0.39 is 0 Å². The highest BCUT2D eigenvalue weighted by Gasteiger charge is 2.13. The second-order valence-corrected chi connectivity index (χ2v) is 4.77. The summed E-state index contributed by atoms with van der Waals surface area (Å²) in [7, 11) is 1.72. The van der Waals surface area contributed by atoms with Crippen molar-refractivity contribution in [3.63, 3.8) is 0 Å². The van der Waals surface area contributed by atoms with Gasteiger partial charge >= 0.3 is 0 Å². The van der Waals surface area contributed by atoms with Gasteiger partial charge in [-0.1, -0.05) is 0 Å². The van der Waals surface area contributed by atoms with E-state index in [1.54, 1.807) is 11.9 Å². The number of hydrogen-bond acceptors (Lipinski definition) is 2. The maximum absolute atomic E-state index is 12.2. The van der Waals surface area contributed by atoms with Crippen LogP contribution in [0.15, 0.2) is 18.2 Å². The number of rotatable bonds is 3. The summed E-state index contributed by atoms with van der Waals surface area (Å²) in [5.74, 6) is -0.0459. The van der Waals surface area contributed by atoms with Crippen molar-refractivity contribution in [3.8, 4) is 6.07 Å². The number of aryl methyl sites for hydroxylation is 2. The molecule has 0 fully saturated rings. The van der Waals surface area contributed by atoms with Crippen molar-refractivity contribution in [1.29, 1.82) is 5.26 Å². The smallest absolute Gasteiger partial charge is 0.253 e. The Morgan fingerprint density at radius 3 is 2.84 bits per heavy atom. The quantitative estimate of drug-likeness (QED) is 0.916. The van der Waals surface area contributed by atoms with Crippen LogP contribution in [0, 0.1) is 25.2 Å². The minimum absolute atomic E-state index is 0.0459. The van der Waals surface area contributed by atoms with Crippen LogP contribution in [0.4, 0.5) is 0 Å². The molecule has 1 amide bonds. The molecule has 19 heavy (non-hydrogen) atoms. The molecule has 0 saturated carbocycles. The number of aromatic amines is 1. The number of aromatic nitrogens is 1. The first kappa shape index (κ1) is 13.2. The third-order valence-corrected chi connectivity index (χ3v) is 3.46. The first-order valence-electron chi connectivity index (χ1n) is 6.26. The van der Waals surface area contributed by atoms with E-state index in [2.05, 4.69) is 4.98 Å². The fraction of sp³-hybridized carbons (Fsp3) is 0.333. The Bertz CT molecular complexity index is 664. The van der Waals surface area contributed by atoms with Crippen LogP contribution in [-0.2, 0) is 0 Å². The minimum atomic E-state index is -0.0459. The lowest BCUT2D eigenvalue weighted by atomic mass is 10.1. The molecule has 4 heteroatoms. The first-order chi connectivity index (χ1) is 9.04. The number of fused-ring (bicyclic) bond motifs is 1. The molecule has 1 aromatic carbocycles. The molecule has 98 valence electrons. The van der Waals surface area contributed by atoms with Gasteiger partial charge in [-0.2, -0.15) is 5.26 Å². The topological polar surface area (TPSA) is 59.9 Å². The summed E-state index contributed by atoms with van der Waals surface area (Å²) in [5, 5.41) is 9.64. The van der Waals surface area contributed by atoms with Gasteiger partial charge in [0.2, 0.25) is 0 Å². The summed E-state index contributed by atoms with van der Waals surface area (Å²) in [5.41, 5.74) is 4.00. The van der Waals surface area contributed by atoms with Gasteiger partial charge in [0.1, 0.15) is 0 Å². The molecule has 0 radical (unpaired) electrons. The van der Waals surface area contributed by atoms with E-state index in [0.29, 0.717) is 18.5 Å². The molecule has 2 rings (SSSR count). The SMILES string of the molecule is Cc1[nH]c2ccc(C(=O)N(C)CCC#N)cc2c1C. The van der Waals surface area contributed by atoms with Gasteiger partial charge in [-0.25, -0.2) is 0 Å². The lowest BCUT2D eigenvalue weighted by molar-refractivity contribution is 0.0798. The molecular formula is C15H17N3O. The third kappa shape index (κ3) is 2.45. The van der Waals surface area contributed by atoms with Crippen LogP contribution in [0.2, 0.25) is 0 Å². The summed E-state index contributed by atoms with van der Waals surface area (Å²) in [6, 6.07) is 7.72. The maximum Gasteiger partial charge on any atom is 0.253 e. The molecule has 1 N–H and O–H groups in total. The van der Waals surface area contributed by atoms with E-state index in [-0.39, 0.29) is 5.91 Å². The van der Waals surface area contributed by atoms with Gasteiger partial charge in [0.05, 0.1) is 12.5 Å². The third-order valence-electron chi connectivity index (χ3n) is 3.46. The van der Waals surface area contributed by atoms with Gasteiger partial charge in [0.25, 0.3) is 5.91 Å². The molecule has 4 nitrogen and oxygen atoms in total. The van der Waals surface area contributed by atoms with Gasteiger partial charge in [-0.3, -0.25) is 4.79 Å². The molecule has 0 saturated heterocycles. The number of benzene rings is 1. The molecule has 0 aliphatic heterocycles. The Hall–Kier alpha value is -2.28. The number of carbonyl (C=O) groups is 1. The summed E-state index contributed by atoms with van der Waals surface area (Å²) >= 11 is 0. The number of carbonyl (C=O) groups excluding carboxylic acids is 1. The Labute approximate surface area is 112 Å². The number of hydrogen-bond donors (Lipinski definition) is 1. The summed E-state index contributed by atoms with van der Waals surface area (Å²) in [4.78, 5) is 17.1. The van der Waals surface area contributed by atoms with Gasteiger partial charge in [-0.05, 0) is 37.6 Å². The van der Waals surface area contributed by atoms with Crippen molar-refractivity contribution in [1.82, 2.24) is 9.88 Å². The number of amides is 1. The van der Waals surface area contributed by atoms with Crippen LogP contribution in [0.25, 0.3) is 10.9 Å². The minimum Gasteiger partial charge on any atom is -0.358 e. The number of H-pyrrole nitrogens is 1. The zero-order valence-electron chi connectivity index (χ0n) is 11.4. The standard InChI is InChI=1S/C15H17N3O/c1-10-11(2)17-14-6-5-12(9-13(10)14)15(19)18(3)8-4-7-16/h5-6,9,17H,4,8H2,1-3H3. The van der Waals surface area contributed by atoms with Crippen LogP contribution in [0.1, 0.15) is 28.0 Å². The van der Waals surface area contributed by atoms with Crippen molar-refractivity contribution >= 4 is 16.8 Å². The summed E-state index contributed by atoms with van der Waals surface area (Å²) < 4.78 is 0. The Morgan fingerprint density at radius 2 is 2.16 bits per heavy atom. The van der Waals surface area contributed by atoms with E-state index in [0.717, 1.165) is 16.6 Å². The molecule has 0 spiro atoms. The van der Waals surface area contributed by atoms with Crippen LogP contribution in [-0.4, -0.2) is 29.4 Å². The molecule has 0 unspecified atom stereocenters. The van der Waals surface area contributed by atoms with Crippen molar-refractivity contribution in [2.24, 2.45) is 0 Å². The van der Waals surface area contributed by atoms with E-state index in [1.807, 2.05) is 38.1 Å². The lowest BCUT2D eigenvalue weighted by Gasteiger charge is -2.15. The second-order valence-electron chi connectivity index (χ2n) is 4.77. The predicted molar refractivity (Wildman–Crippen MR) is 75.0 cm³/mol. The molecule has 1 heterocycles. The molecule has 0 aliphatic rings. The van der Waals surface area contributed by atoms with Gasteiger partial charge in [-0.15, -0.1) is 0 Å². The van der Waals surface area contributed by atoms with E-state index in [9.17, 15) is 4.79 Å². The van der Waals surface area contributed by atoms with Crippen LogP contribution >= 0.6 is 0 Å². The fourth-order valence-corrected chi connectivity index (χ4v) is 2.13. The largest absolute Gasteiger partial charge is 0.358 e. The van der Waals surface area contributed by atoms with E-state index >= 15 is 0 Å². The monoisotopic (exact) mass is 255 g/mol. The predicted octanol–water partition coefficient (Wildman–Crippen LogP) is 2.77. The van der Waals surface area contributed by atoms with Gasteiger partial charge < -0.3 is 9.88 Å².